The number of hydrogen-bond acceptors (Lipinski definition) is 1. The molecule has 2 heterocycles. The van der Waals surface area contributed by atoms with Crippen LogP contribution in [0.2, 0.25) is 0 Å². The zero-order valence-electron chi connectivity index (χ0n) is 29.0. The van der Waals surface area contributed by atoms with Crippen molar-refractivity contribution in [2.45, 2.75) is 44.0 Å². The van der Waals surface area contributed by atoms with Gasteiger partial charge in [0.2, 0.25) is 0 Å². The molecule has 1 aliphatic carbocycles. The lowest BCUT2D eigenvalue weighted by Crippen LogP contribution is -2.13. The van der Waals surface area contributed by atoms with Crippen molar-refractivity contribution in [3.05, 3.63) is 136 Å². The van der Waals surface area contributed by atoms with Crippen LogP contribution in [0.5, 0.6) is 0 Å². The van der Waals surface area contributed by atoms with Crippen LogP contribution >= 0.6 is 0 Å². The summed E-state index contributed by atoms with van der Waals surface area (Å²) in [7, 11) is 0. The maximum absolute atomic E-state index is 14.3. The van der Waals surface area contributed by atoms with Crippen molar-refractivity contribution >= 4 is 38.8 Å². The van der Waals surface area contributed by atoms with Crippen LogP contribution in [0.15, 0.2) is 97.1 Å². The minimum absolute atomic E-state index is 0.0448. The van der Waals surface area contributed by atoms with Crippen LogP contribution in [0.1, 0.15) is 58.3 Å². The van der Waals surface area contributed by atoms with E-state index in [1.165, 1.54) is 21.3 Å². The monoisotopic (exact) mass is 797 g/mol. The third-order valence-electron chi connectivity index (χ3n) is 10.2. The molecule has 8 rings (SSSR count). The van der Waals surface area contributed by atoms with E-state index in [9.17, 15) is 57.9 Å². The van der Waals surface area contributed by atoms with Crippen molar-refractivity contribution in [2.24, 2.45) is 0 Å². The van der Waals surface area contributed by atoms with Crippen LogP contribution in [-0.4, -0.2) is 9.13 Å². The number of hydrogen-bond donors (Lipinski definition) is 0. The molecule has 5 aromatic carbocycles. The Morgan fingerprint density at radius 2 is 1.09 bits per heavy atom. The minimum Gasteiger partial charge on any atom is -0.311 e. The molecule has 0 saturated heterocycles. The smallest absolute Gasteiger partial charge is 0.311 e. The van der Waals surface area contributed by atoms with Gasteiger partial charge in [0.05, 0.1) is 61.8 Å². The van der Waals surface area contributed by atoms with Gasteiger partial charge in [-0.05, 0) is 72.6 Å². The number of nitriles is 1. The summed E-state index contributed by atoms with van der Waals surface area (Å²) < 4.78 is 173. The number of rotatable bonds is 3. The van der Waals surface area contributed by atoms with Crippen molar-refractivity contribution in [3.8, 4) is 28.6 Å². The second-order valence-corrected chi connectivity index (χ2v) is 13.8. The van der Waals surface area contributed by atoms with Crippen LogP contribution in [0.4, 0.5) is 52.7 Å². The first kappa shape index (κ1) is 37.7. The molecule has 2 aromatic heterocycles. The second-order valence-electron chi connectivity index (χ2n) is 13.8. The number of para-hydroxylation sites is 1. The van der Waals surface area contributed by atoms with Crippen LogP contribution in [0, 0.1) is 11.3 Å². The lowest BCUT2D eigenvalue weighted by atomic mass is 9.92. The summed E-state index contributed by atoms with van der Waals surface area (Å²) in [4.78, 5) is 0. The van der Waals surface area contributed by atoms with Gasteiger partial charge in [0.15, 0.2) is 0 Å². The highest BCUT2D eigenvalue weighted by molar-refractivity contribution is 6.10. The molecule has 57 heavy (non-hydrogen) atoms. The average Bonchev–Trinajstić information content (AvgIpc) is 3.65. The van der Waals surface area contributed by atoms with Gasteiger partial charge in [0.25, 0.3) is 0 Å². The largest absolute Gasteiger partial charge is 0.416 e. The first-order valence-corrected chi connectivity index (χ1v) is 17.1. The standard InChI is InChI=1S/C42H23F12N3/c1-21-5-4-7-31-30-12-10-25(40(46,47)48)18-35(30)57(38(21)31)37-19-32(22-13-26(41(49,50)51)16-27(14-22)42(52,53)54)23(20-55)15-36(37)56-33-8-3-2-6-28(33)29-11-9-24(17-34(29)56)39(43,44)45/h2-4,6-19,21H,5H2,1H3. The molecule has 1 atom stereocenters. The molecule has 7 aromatic rings. The van der Waals surface area contributed by atoms with Crippen molar-refractivity contribution in [3.63, 3.8) is 0 Å². The quantitative estimate of drug-likeness (QED) is 0.164. The van der Waals surface area contributed by atoms with Crippen LogP contribution in [-0.2, 0) is 24.7 Å². The van der Waals surface area contributed by atoms with E-state index in [1.807, 2.05) is 6.07 Å². The van der Waals surface area contributed by atoms with Crippen LogP contribution in [0.3, 0.4) is 0 Å². The zero-order chi connectivity index (χ0) is 41.0. The van der Waals surface area contributed by atoms with Crippen molar-refractivity contribution in [2.75, 3.05) is 0 Å². The van der Waals surface area contributed by atoms with Gasteiger partial charge in [0, 0.05) is 38.9 Å². The second kappa shape index (κ2) is 12.7. The normalized spacial score (nSPS) is 15.1. The molecular weight excluding hydrogens is 774 g/mol. The van der Waals surface area contributed by atoms with Gasteiger partial charge in [-0.25, -0.2) is 0 Å². The summed E-state index contributed by atoms with van der Waals surface area (Å²) in [5.74, 6) is -0.431. The average molecular weight is 798 g/mol. The molecule has 0 amide bonds. The SMILES string of the molecule is CC1CC=Cc2c1n(-c1cc(-c3cc(C(F)(F)F)cc(C(F)(F)F)c3)c(C#N)cc1-n1c3ccccc3c3ccc(C(F)(F)F)cc31)c1cc(C(F)(F)F)ccc21. The first-order valence-electron chi connectivity index (χ1n) is 17.1. The summed E-state index contributed by atoms with van der Waals surface area (Å²) >= 11 is 0. The fraction of sp³-hybridized carbons (Fsp3) is 0.167. The topological polar surface area (TPSA) is 33.6 Å². The molecule has 0 N–H and O–H groups in total. The summed E-state index contributed by atoms with van der Waals surface area (Å²) in [6, 6.07) is 17.2. The molecule has 0 spiro atoms. The Labute approximate surface area is 314 Å². The zero-order valence-corrected chi connectivity index (χ0v) is 29.0. The Morgan fingerprint density at radius 3 is 1.67 bits per heavy atom. The van der Waals surface area contributed by atoms with Crippen LogP contribution < -0.4 is 0 Å². The Bertz CT molecular complexity index is 2820. The van der Waals surface area contributed by atoms with E-state index >= 15 is 0 Å². The van der Waals surface area contributed by atoms with Gasteiger partial charge < -0.3 is 9.13 Å². The van der Waals surface area contributed by atoms with E-state index in [-0.39, 0.29) is 34.0 Å². The fourth-order valence-corrected chi connectivity index (χ4v) is 7.71. The summed E-state index contributed by atoms with van der Waals surface area (Å²) in [6.07, 6.45) is -16.4. The molecule has 1 aliphatic rings. The predicted octanol–water partition coefficient (Wildman–Crippen LogP) is 13.9. The van der Waals surface area contributed by atoms with E-state index in [1.54, 1.807) is 43.3 Å². The molecule has 0 aliphatic heterocycles. The van der Waals surface area contributed by atoms with Crippen LogP contribution in [0.25, 0.3) is 61.3 Å². The molecule has 3 nitrogen and oxygen atoms in total. The molecule has 0 radical (unpaired) electrons. The molecule has 1 unspecified atom stereocenters. The fourth-order valence-electron chi connectivity index (χ4n) is 7.71. The van der Waals surface area contributed by atoms with E-state index in [0.717, 1.165) is 36.4 Å². The highest BCUT2D eigenvalue weighted by Gasteiger charge is 2.38. The highest BCUT2D eigenvalue weighted by Crippen LogP contribution is 2.47. The molecule has 15 heteroatoms. The van der Waals surface area contributed by atoms with E-state index in [4.69, 9.17) is 0 Å². The van der Waals surface area contributed by atoms with Crippen molar-refractivity contribution in [1.29, 1.82) is 5.26 Å². The van der Waals surface area contributed by atoms with Gasteiger partial charge in [-0.2, -0.15) is 57.9 Å². The Kier molecular flexibility index (Phi) is 8.39. The van der Waals surface area contributed by atoms with Gasteiger partial charge >= 0.3 is 24.7 Å². The van der Waals surface area contributed by atoms with Gasteiger partial charge in [-0.15, -0.1) is 0 Å². The summed E-state index contributed by atoms with van der Waals surface area (Å²) in [5, 5.41) is 11.6. The van der Waals surface area contributed by atoms with Gasteiger partial charge in [0.1, 0.15) is 0 Å². The molecule has 0 saturated carbocycles. The maximum Gasteiger partial charge on any atom is 0.416 e. The molecular formula is C42H23F12N3. The lowest BCUT2D eigenvalue weighted by Gasteiger charge is -2.24. The maximum atomic E-state index is 14.3. The minimum atomic E-state index is -5.27. The number of fused-ring (bicyclic) bond motifs is 6. The third-order valence-corrected chi connectivity index (χ3v) is 10.2. The Morgan fingerprint density at radius 1 is 0.561 bits per heavy atom. The molecule has 0 bridgehead atoms. The van der Waals surface area contributed by atoms with Gasteiger partial charge in [-0.1, -0.05) is 49.4 Å². The number of benzene rings is 5. The first-order chi connectivity index (χ1) is 26.7. The third kappa shape index (κ3) is 6.27. The predicted molar refractivity (Wildman–Crippen MR) is 190 cm³/mol. The molecule has 290 valence electrons. The number of alkyl halides is 12. The van der Waals surface area contributed by atoms with Crippen molar-refractivity contribution in [1.82, 2.24) is 9.13 Å². The summed E-state index contributed by atoms with van der Waals surface area (Å²) in [6.45, 7) is 1.77. The Hall–Kier alpha value is -6.17. The number of allylic oxidation sites excluding steroid dienone is 1. The Balaban J connectivity index is 1.59. The number of halogens is 12. The van der Waals surface area contributed by atoms with Gasteiger partial charge in [-0.3, -0.25) is 0 Å². The highest BCUT2D eigenvalue weighted by atomic mass is 19.4. The van der Waals surface area contributed by atoms with E-state index in [2.05, 4.69) is 0 Å². The summed E-state index contributed by atoms with van der Waals surface area (Å²) in [5.41, 5.74) is -6.19. The number of aromatic nitrogens is 2. The van der Waals surface area contributed by atoms with Crippen molar-refractivity contribution < 1.29 is 52.7 Å². The lowest BCUT2D eigenvalue weighted by molar-refractivity contribution is -0.143. The number of nitrogens with zero attached hydrogens (tertiary/aromatic N) is 3. The molecule has 0 fully saturated rings. The van der Waals surface area contributed by atoms with E-state index < -0.39 is 69.6 Å². The van der Waals surface area contributed by atoms with E-state index in [0.29, 0.717) is 46.0 Å².